The minimum absolute atomic E-state index is 0.113. The summed E-state index contributed by atoms with van der Waals surface area (Å²) in [6.45, 7) is 7.42. The van der Waals surface area contributed by atoms with Crippen LogP contribution in [0.25, 0.3) is 11.8 Å². The van der Waals surface area contributed by atoms with Gasteiger partial charge in [-0.25, -0.2) is 4.39 Å². The molecule has 0 unspecified atom stereocenters. The molecule has 0 atom stereocenters. The van der Waals surface area contributed by atoms with E-state index >= 15 is 0 Å². The van der Waals surface area contributed by atoms with Crippen LogP contribution in [0.5, 0.6) is 5.75 Å². The highest BCUT2D eigenvalue weighted by Gasteiger charge is 2.35. The maximum atomic E-state index is 13.1. The van der Waals surface area contributed by atoms with Gasteiger partial charge >= 0.3 is 0 Å². The second-order valence-corrected chi connectivity index (χ2v) is 10.9. The lowest BCUT2D eigenvalue weighted by Crippen LogP contribution is -2.36. The molecular weight excluding hydrogens is 573 g/mol. The molecule has 2 aromatic carbocycles. The van der Waals surface area contributed by atoms with Gasteiger partial charge in [-0.05, 0) is 102 Å². The normalized spacial score (nSPS) is 17.1. The summed E-state index contributed by atoms with van der Waals surface area (Å²) >= 11 is 4.67. The van der Waals surface area contributed by atoms with Crippen molar-refractivity contribution >= 4 is 50.6 Å². The summed E-state index contributed by atoms with van der Waals surface area (Å²) in [7, 11) is 0. The van der Waals surface area contributed by atoms with Gasteiger partial charge in [0, 0.05) is 34.6 Å². The number of halogens is 2. The van der Waals surface area contributed by atoms with Crippen LogP contribution < -0.4 is 9.64 Å². The Labute approximate surface area is 233 Å². The lowest BCUT2D eigenvalue weighted by molar-refractivity contribution is -0.123. The summed E-state index contributed by atoms with van der Waals surface area (Å²) in [6.07, 6.45) is 1.78. The zero-order valence-electron chi connectivity index (χ0n) is 21.1. The third-order valence-electron chi connectivity index (χ3n) is 6.57. The quantitative estimate of drug-likeness (QED) is 0.313. The summed E-state index contributed by atoms with van der Waals surface area (Å²) in [5, 5.41) is -0.333. The van der Waals surface area contributed by atoms with Gasteiger partial charge in [0.25, 0.3) is 11.1 Å². The van der Waals surface area contributed by atoms with Crippen molar-refractivity contribution in [3.05, 3.63) is 80.7 Å². The van der Waals surface area contributed by atoms with E-state index < -0.39 is 0 Å². The Morgan fingerprint density at radius 1 is 1.08 bits per heavy atom. The molecule has 2 fully saturated rings. The minimum Gasteiger partial charge on any atom is -0.492 e. The van der Waals surface area contributed by atoms with Crippen molar-refractivity contribution in [3.63, 3.8) is 0 Å². The first-order chi connectivity index (χ1) is 18.3. The van der Waals surface area contributed by atoms with Crippen molar-refractivity contribution in [2.24, 2.45) is 0 Å². The molecule has 198 valence electrons. The van der Waals surface area contributed by atoms with Crippen LogP contribution >= 0.6 is 27.7 Å². The second-order valence-electron chi connectivity index (χ2n) is 9.03. The van der Waals surface area contributed by atoms with Gasteiger partial charge in [0.2, 0.25) is 0 Å². The SMILES string of the molecule is Cc1cc(/C=C2\SC(=O)N(CCOc3ccc(F)cc3)C2=O)c(C)n1-c1ccc(N2CCOCC2)c(Br)c1. The predicted molar refractivity (Wildman–Crippen MR) is 151 cm³/mol. The van der Waals surface area contributed by atoms with E-state index in [0.29, 0.717) is 10.7 Å². The van der Waals surface area contributed by atoms with E-state index in [9.17, 15) is 14.0 Å². The first-order valence-corrected chi connectivity index (χ1v) is 13.9. The van der Waals surface area contributed by atoms with E-state index in [1.165, 1.54) is 29.2 Å². The van der Waals surface area contributed by atoms with Crippen molar-refractivity contribution in [2.45, 2.75) is 13.8 Å². The zero-order chi connectivity index (χ0) is 26.8. The number of hydrogen-bond acceptors (Lipinski definition) is 6. The number of aromatic nitrogens is 1. The van der Waals surface area contributed by atoms with E-state index in [-0.39, 0.29) is 30.1 Å². The molecule has 3 heterocycles. The molecule has 38 heavy (non-hydrogen) atoms. The van der Waals surface area contributed by atoms with E-state index in [0.717, 1.165) is 70.9 Å². The fourth-order valence-corrected chi connectivity index (χ4v) is 6.12. The molecule has 0 bridgehead atoms. The standard InChI is InChI=1S/C28H27BrFN3O4S/c1-18-15-20(19(2)33(18)22-5-8-25(24(29)17-22)31-9-12-36-13-10-31)16-26-27(34)32(28(35)38-26)11-14-37-23-6-3-21(30)4-7-23/h3-8,15-17H,9-14H2,1-2H3/b26-16-. The number of carbonyl (C=O) groups is 2. The van der Waals surface area contributed by atoms with Gasteiger partial charge < -0.3 is 18.9 Å². The fourth-order valence-electron chi connectivity index (χ4n) is 4.65. The highest BCUT2D eigenvalue weighted by molar-refractivity contribution is 9.10. The lowest BCUT2D eigenvalue weighted by atomic mass is 10.2. The first kappa shape index (κ1) is 26.5. The molecular formula is C28H27BrFN3O4S. The van der Waals surface area contributed by atoms with E-state index in [2.05, 4.69) is 43.6 Å². The van der Waals surface area contributed by atoms with Gasteiger partial charge in [-0.15, -0.1) is 0 Å². The topological polar surface area (TPSA) is 64.0 Å². The molecule has 2 saturated heterocycles. The molecule has 2 aliphatic rings. The third-order valence-corrected chi connectivity index (χ3v) is 8.11. The number of benzene rings is 2. The van der Waals surface area contributed by atoms with Crippen molar-refractivity contribution < 1.29 is 23.5 Å². The Kier molecular flexibility index (Phi) is 7.92. The van der Waals surface area contributed by atoms with Crippen LogP contribution in [0.1, 0.15) is 17.0 Å². The number of morpholine rings is 1. The molecule has 7 nitrogen and oxygen atoms in total. The van der Waals surface area contributed by atoms with E-state index in [1.807, 2.05) is 19.9 Å². The van der Waals surface area contributed by atoms with Crippen LogP contribution in [0.3, 0.4) is 0 Å². The van der Waals surface area contributed by atoms with Gasteiger partial charge in [-0.3, -0.25) is 14.5 Å². The largest absolute Gasteiger partial charge is 0.492 e. The predicted octanol–water partition coefficient (Wildman–Crippen LogP) is 5.95. The molecule has 0 aliphatic carbocycles. The van der Waals surface area contributed by atoms with Gasteiger partial charge in [-0.2, -0.15) is 0 Å². The molecule has 5 rings (SSSR count). The summed E-state index contributed by atoms with van der Waals surface area (Å²) in [4.78, 5) is 29.4. The monoisotopic (exact) mass is 599 g/mol. The smallest absolute Gasteiger partial charge is 0.293 e. The number of ether oxygens (including phenoxy) is 2. The maximum absolute atomic E-state index is 13.1. The molecule has 3 aromatic rings. The summed E-state index contributed by atoms with van der Waals surface area (Å²) in [6, 6.07) is 13.9. The molecule has 0 spiro atoms. The van der Waals surface area contributed by atoms with Crippen molar-refractivity contribution in [2.75, 3.05) is 44.4 Å². The number of nitrogens with zero attached hydrogens (tertiary/aromatic N) is 3. The number of thioether (sulfide) groups is 1. The summed E-state index contributed by atoms with van der Waals surface area (Å²) < 4.78 is 27.2. The Bertz CT molecular complexity index is 1400. The number of amides is 2. The van der Waals surface area contributed by atoms with Crippen LogP contribution in [0.15, 0.2) is 57.9 Å². The molecule has 2 aliphatic heterocycles. The number of rotatable bonds is 7. The number of hydrogen-bond donors (Lipinski definition) is 0. The molecule has 10 heteroatoms. The number of imide groups is 1. The second kappa shape index (κ2) is 11.3. The average Bonchev–Trinajstić information content (AvgIpc) is 3.34. The molecule has 2 amide bonds. The first-order valence-electron chi connectivity index (χ1n) is 12.3. The van der Waals surface area contributed by atoms with E-state index in [4.69, 9.17) is 9.47 Å². The molecule has 0 saturated carbocycles. The number of aryl methyl sites for hydroxylation is 1. The fraction of sp³-hybridized carbons (Fsp3) is 0.286. The van der Waals surface area contributed by atoms with Crippen LogP contribution in [-0.2, 0) is 9.53 Å². The lowest BCUT2D eigenvalue weighted by Gasteiger charge is -2.30. The van der Waals surface area contributed by atoms with Crippen LogP contribution in [0.4, 0.5) is 14.9 Å². The molecule has 1 aromatic heterocycles. The van der Waals surface area contributed by atoms with Crippen molar-refractivity contribution in [1.82, 2.24) is 9.47 Å². The summed E-state index contributed by atoms with van der Waals surface area (Å²) in [5.41, 5.74) is 5.02. The minimum atomic E-state index is -0.356. The zero-order valence-corrected chi connectivity index (χ0v) is 23.5. The van der Waals surface area contributed by atoms with Gasteiger partial charge in [0.1, 0.15) is 18.2 Å². The van der Waals surface area contributed by atoms with Crippen LogP contribution in [-0.4, -0.2) is 60.1 Å². The highest BCUT2D eigenvalue weighted by Crippen LogP contribution is 2.35. The number of carbonyl (C=O) groups excluding carboxylic acids is 2. The third kappa shape index (κ3) is 5.52. The average molecular weight is 601 g/mol. The highest BCUT2D eigenvalue weighted by atomic mass is 79.9. The Morgan fingerprint density at radius 2 is 1.82 bits per heavy atom. The number of anilines is 1. The Morgan fingerprint density at radius 3 is 2.53 bits per heavy atom. The van der Waals surface area contributed by atoms with Crippen LogP contribution in [0.2, 0.25) is 0 Å². The molecule has 0 radical (unpaired) electrons. The van der Waals surface area contributed by atoms with Crippen molar-refractivity contribution in [1.29, 1.82) is 0 Å². The Hall–Kier alpha value is -3.08. The van der Waals surface area contributed by atoms with Crippen molar-refractivity contribution in [3.8, 4) is 11.4 Å². The summed E-state index contributed by atoms with van der Waals surface area (Å²) in [5.74, 6) is -0.221. The maximum Gasteiger partial charge on any atom is 0.293 e. The van der Waals surface area contributed by atoms with E-state index in [1.54, 1.807) is 6.08 Å². The Balaban J connectivity index is 1.31. The van der Waals surface area contributed by atoms with Gasteiger partial charge in [0.15, 0.2) is 0 Å². The molecule has 0 N–H and O–H groups in total. The van der Waals surface area contributed by atoms with Crippen LogP contribution in [0, 0.1) is 19.7 Å². The van der Waals surface area contributed by atoms with Gasteiger partial charge in [0.05, 0.1) is 30.4 Å². The van der Waals surface area contributed by atoms with Gasteiger partial charge in [-0.1, -0.05) is 0 Å².